The van der Waals surface area contributed by atoms with Gasteiger partial charge in [0.15, 0.2) is 0 Å². The van der Waals surface area contributed by atoms with Crippen molar-refractivity contribution in [2.45, 2.75) is 0 Å². The van der Waals surface area contributed by atoms with Gasteiger partial charge < -0.3 is 5.11 Å². The Balaban J connectivity index is 0.000000845. The molecule has 2 nitrogen and oxygen atoms in total. The fraction of sp³-hybridized carbons (Fsp3) is 0. The lowest BCUT2D eigenvalue weighted by Crippen LogP contribution is -1.77. The van der Waals surface area contributed by atoms with Gasteiger partial charge in [-0.1, -0.05) is 11.6 Å². The number of halogens is 2. The summed E-state index contributed by atoms with van der Waals surface area (Å²) in [5, 5.41) is 10.7. The molecule has 1 aromatic carbocycles. The summed E-state index contributed by atoms with van der Waals surface area (Å²) in [5.74, 6) is 0.233. The molecule has 1 heterocycles. The van der Waals surface area contributed by atoms with E-state index in [1.807, 2.05) is 0 Å². The molecule has 0 saturated carbocycles. The smallest absolute Gasteiger partial charge is 0.126 e. The minimum atomic E-state index is 0. The van der Waals surface area contributed by atoms with Crippen LogP contribution in [0.3, 0.4) is 0 Å². The number of benzene rings is 1. The molecule has 0 spiro atoms. The summed E-state index contributed by atoms with van der Waals surface area (Å²) in [6.45, 7) is 0. The molecule has 2 aromatic rings. The summed E-state index contributed by atoms with van der Waals surface area (Å²) < 4.78 is 0. The molecule has 68 valence electrons. The number of pyridine rings is 1. The Labute approximate surface area is 86.6 Å². The summed E-state index contributed by atoms with van der Waals surface area (Å²) in [6.07, 6.45) is 1.55. The largest absolute Gasteiger partial charge is 0.507 e. The predicted molar refractivity (Wildman–Crippen MR) is 55.7 cm³/mol. The van der Waals surface area contributed by atoms with Gasteiger partial charge in [0.2, 0.25) is 0 Å². The molecular formula is C9H7Cl2NO. The first-order valence-corrected chi connectivity index (χ1v) is 3.88. The van der Waals surface area contributed by atoms with Gasteiger partial charge in [-0.05, 0) is 24.3 Å². The molecule has 0 fully saturated rings. The van der Waals surface area contributed by atoms with Crippen LogP contribution in [0.1, 0.15) is 0 Å². The fourth-order valence-electron chi connectivity index (χ4n) is 1.11. The van der Waals surface area contributed by atoms with Gasteiger partial charge in [-0.15, -0.1) is 12.4 Å². The van der Waals surface area contributed by atoms with Gasteiger partial charge in [0.05, 0.1) is 5.52 Å². The van der Waals surface area contributed by atoms with Crippen LogP contribution >= 0.6 is 24.0 Å². The highest BCUT2D eigenvalue weighted by Crippen LogP contribution is 2.24. The van der Waals surface area contributed by atoms with E-state index in [2.05, 4.69) is 4.98 Å². The average molecular weight is 216 g/mol. The molecule has 1 aromatic heterocycles. The summed E-state index contributed by atoms with van der Waals surface area (Å²) in [6, 6.07) is 6.75. The van der Waals surface area contributed by atoms with E-state index in [1.54, 1.807) is 30.5 Å². The van der Waals surface area contributed by atoms with Crippen molar-refractivity contribution in [2.75, 3.05) is 0 Å². The fourth-order valence-corrected chi connectivity index (χ4v) is 1.27. The number of hydrogen-bond donors (Lipinski definition) is 1. The van der Waals surface area contributed by atoms with Gasteiger partial charge in [-0.2, -0.15) is 0 Å². The normalized spacial score (nSPS) is 9.62. The molecule has 0 aliphatic rings. The summed E-state index contributed by atoms with van der Waals surface area (Å²) in [7, 11) is 0. The number of rotatable bonds is 0. The molecule has 0 saturated heterocycles. The first-order chi connectivity index (χ1) is 5.77. The Hall–Kier alpha value is -0.990. The first kappa shape index (κ1) is 10.1. The van der Waals surface area contributed by atoms with Crippen LogP contribution < -0.4 is 0 Å². The predicted octanol–water partition coefficient (Wildman–Crippen LogP) is 3.02. The van der Waals surface area contributed by atoms with Gasteiger partial charge in [-0.3, -0.25) is 4.98 Å². The zero-order valence-electron chi connectivity index (χ0n) is 6.57. The number of nitrogens with zero attached hydrogens (tertiary/aromatic N) is 1. The van der Waals surface area contributed by atoms with E-state index in [0.717, 1.165) is 5.39 Å². The molecule has 0 aliphatic heterocycles. The van der Waals surface area contributed by atoms with Crippen molar-refractivity contribution >= 4 is 34.9 Å². The van der Waals surface area contributed by atoms with E-state index in [-0.39, 0.29) is 18.2 Å². The van der Waals surface area contributed by atoms with E-state index in [1.165, 1.54) is 0 Å². The molecule has 0 amide bonds. The molecule has 0 unspecified atom stereocenters. The Morgan fingerprint density at radius 3 is 2.77 bits per heavy atom. The molecule has 4 heteroatoms. The van der Waals surface area contributed by atoms with Crippen LogP contribution in [0.2, 0.25) is 5.02 Å². The molecule has 0 radical (unpaired) electrons. The highest BCUT2D eigenvalue weighted by atomic mass is 35.5. The van der Waals surface area contributed by atoms with Crippen molar-refractivity contribution in [1.82, 2.24) is 4.98 Å². The van der Waals surface area contributed by atoms with E-state index in [0.29, 0.717) is 10.5 Å². The van der Waals surface area contributed by atoms with Crippen molar-refractivity contribution in [2.24, 2.45) is 0 Å². The minimum Gasteiger partial charge on any atom is -0.507 e. The van der Waals surface area contributed by atoms with E-state index in [9.17, 15) is 5.11 Å². The van der Waals surface area contributed by atoms with Crippen LogP contribution in [0.15, 0.2) is 30.5 Å². The number of hydrogen-bond acceptors (Lipinski definition) is 2. The minimum absolute atomic E-state index is 0. The number of fused-ring (bicyclic) bond motifs is 1. The maximum atomic E-state index is 9.38. The van der Waals surface area contributed by atoms with Gasteiger partial charge in [0.1, 0.15) is 5.75 Å². The molecule has 0 atom stereocenters. The maximum absolute atomic E-state index is 9.38. The number of aromatic nitrogens is 1. The second-order valence-electron chi connectivity index (χ2n) is 2.49. The molecule has 0 bridgehead atoms. The zero-order valence-corrected chi connectivity index (χ0v) is 8.14. The molecule has 13 heavy (non-hydrogen) atoms. The first-order valence-electron chi connectivity index (χ1n) is 3.50. The van der Waals surface area contributed by atoms with Crippen molar-refractivity contribution in [3.8, 4) is 5.75 Å². The third-order valence-electron chi connectivity index (χ3n) is 1.68. The third kappa shape index (κ3) is 1.85. The molecule has 0 aliphatic carbocycles. The molecule has 2 rings (SSSR count). The lowest BCUT2D eigenvalue weighted by atomic mass is 10.2. The summed E-state index contributed by atoms with van der Waals surface area (Å²) in [5.41, 5.74) is 0.711. The van der Waals surface area contributed by atoms with Crippen LogP contribution in [0.4, 0.5) is 0 Å². The summed E-state index contributed by atoms with van der Waals surface area (Å²) >= 11 is 5.75. The van der Waals surface area contributed by atoms with Crippen molar-refractivity contribution in [3.63, 3.8) is 0 Å². The lowest BCUT2D eigenvalue weighted by molar-refractivity contribution is 0.481. The van der Waals surface area contributed by atoms with Gasteiger partial charge in [0, 0.05) is 16.6 Å². The van der Waals surface area contributed by atoms with Gasteiger partial charge in [-0.25, -0.2) is 0 Å². The monoisotopic (exact) mass is 215 g/mol. The Bertz CT molecular complexity index is 431. The van der Waals surface area contributed by atoms with E-state index < -0.39 is 0 Å². The second-order valence-corrected chi connectivity index (χ2v) is 2.93. The highest BCUT2D eigenvalue weighted by Gasteiger charge is 1.99. The maximum Gasteiger partial charge on any atom is 0.126 e. The van der Waals surface area contributed by atoms with Crippen LogP contribution in [0.5, 0.6) is 5.75 Å². The van der Waals surface area contributed by atoms with Crippen molar-refractivity contribution in [3.05, 3.63) is 35.5 Å². The molecule has 1 N–H and O–H groups in total. The van der Waals surface area contributed by atoms with E-state index >= 15 is 0 Å². The SMILES string of the molecule is Cl.Oc1ccnc2cc(Cl)ccc12. The Morgan fingerprint density at radius 2 is 2.00 bits per heavy atom. The van der Waals surface area contributed by atoms with Crippen LogP contribution in [0.25, 0.3) is 10.9 Å². The van der Waals surface area contributed by atoms with Crippen molar-refractivity contribution in [1.29, 1.82) is 0 Å². The standard InChI is InChI=1S/C9H6ClNO.ClH/c10-6-1-2-7-8(5-6)11-4-3-9(7)12;/h1-5H,(H,11,12);1H. The van der Waals surface area contributed by atoms with Gasteiger partial charge >= 0.3 is 0 Å². The summed E-state index contributed by atoms with van der Waals surface area (Å²) in [4.78, 5) is 4.06. The van der Waals surface area contributed by atoms with Gasteiger partial charge in [0.25, 0.3) is 0 Å². The Kier molecular flexibility index (Phi) is 2.96. The number of aromatic hydroxyl groups is 1. The average Bonchev–Trinajstić information content (AvgIpc) is 2.04. The molecular weight excluding hydrogens is 209 g/mol. The quantitative estimate of drug-likeness (QED) is 0.734. The third-order valence-corrected chi connectivity index (χ3v) is 1.92. The zero-order chi connectivity index (χ0) is 8.55. The lowest BCUT2D eigenvalue weighted by Gasteiger charge is -1.98. The highest BCUT2D eigenvalue weighted by molar-refractivity contribution is 6.31. The Morgan fingerprint density at radius 1 is 1.23 bits per heavy atom. The van der Waals surface area contributed by atoms with Crippen LogP contribution in [-0.4, -0.2) is 10.1 Å². The van der Waals surface area contributed by atoms with Crippen LogP contribution in [-0.2, 0) is 0 Å². The second kappa shape index (κ2) is 3.81. The van der Waals surface area contributed by atoms with E-state index in [4.69, 9.17) is 11.6 Å². The van der Waals surface area contributed by atoms with Crippen molar-refractivity contribution < 1.29 is 5.11 Å². The van der Waals surface area contributed by atoms with Crippen LogP contribution in [0, 0.1) is 0 Å². The topological polar surface area (TPSA) is 33.1 Å².